The second kappa shape index (κ2) is 9.13. The maximum Gasteiger partial charge on any atom is 0.337 e. The Bertz CT molecular complexity index is 744. The van der Waals surface area contributed by atoms with Gasteiger partial charge < -0.3 is 14.8 Å². The Balaban J connectivity index is 1.85. The number of carbonyl (C=O) groups is 2. The van der Waals surface area contributed by atoms with Gasteiger partial charge in [-0.15, -0.1) is 11.8 Å². The number of anilines is 1. The molecule has 1 amide bonds. The number of rotatable bonds is 7. The van der Waals surface area contributed by atoms with Crippen LogP contribution in [0.2, 0.25) is 0 Å². The van der Waals surface area contributed by atoms with Gasteiger partial charge in [0.15, 0.2) is 0 Å². The lowest BCUT2D eigenvalue weighted by molar-refractivity contribution is -0.113. The highest BCUT2D eigenvalue weighted by Crippen LogP contribution is 2.24. The summed E-state index contributed by atoms with van der Waals surface area (Å²) in [5.41, 5.74) is 3.32. The van der Waals surface area contributed by atoms with Crippen molar-refractivity contribution in [2.24, 2.45) is 0 Å². The Kier molecular flexibility index (Phi) is 6.89. The third kappa shape index (κ3) is 5.53. The van der Waals surface area contributed by atoms with Crippen LogP contribution in [0, 0.1) is 6.92 Å². The van der Waals surface area contributed by atoms with Gasteiger partial charge in [0.25, 0.3) is 0 Å². The van der Waals surface area contributed by atoms with Gasteiger partial charge in [0.2, 0.25) is 5.91 Å². The van der Waals surface area contributed by atoms with Crippen molar-refractivity contribution < 1.29 is 19.1 Å². The molecule has 2 aromatic rings. The van der Waals surface area contributed by atoms with Gasteiger partial charge in [-0.1, -0.05) is 17.7 Å². The van der Waals surface area contributed by atoms with Crippen molar-refractivity contribution >= 4 is 29.3 Å². The first-order valence-electron chi connectivity index (χ1n) is 7.73. The van der Waals surface area contributed by atoms with Gasteiger partial charge in [0, 0.05) is 17.0 Å². The topological polar surface area (TPSA) is 64.6 Å². The summed E-state index contributed by atoms with van der Waals surface area (Å²) in [6, 6.07) is 12.6. The van der Waals surface area contributed by atoms with Gasteiger partial charge in [-0.3, -0.25) is 4.79 Å². The summed E-state index contributed by atoms with van der Waals surface area (Å²) in [6.07, 6.45) is 0. The van der Waals surface area contributed by atoms with E-state index in [0.29, 0.717) is 22.8 Å². The number of hydrogen-bond donors (Lipinski definition) is 1. The molecular weight excluding hydrogens is 338 g/mol. The maximum atomic E-state index is 12.0. The van der Waals surface area contributed by atoms with Crippen LogP contribution in [0.5, 0.6) is 5.75 Å². The standard InChI is InChI=1S/C19H21NO4S/c1-13-4-9-17(23-2)15(10-13)11-25-12-18(21)20-16-7-5-14(6-8-16)19(22)24-3/h4-10H,11-12H2,1-3H3,(H,20,21). The van der Waals surface area contributed by atoms with E-state index in [1.165, 1.54) is 18.9 Å². The number of ether oxygens (including phenoxy) is 2. The number of aryl methyl sites for hydroxylation is 1. The molecule has 0 aromatic heterocycles. The molecule has 2 aromatic carbocycles. The van der Waals surface area contributed by atoms with Crippen molar-refractivity contribution in [3.8, 4) is 5.75 Å². The molecule has 5 nitrogen and oxygen atoms in total. The Hall–Kier alpha value is -2.47. The SMILES string of the molecule is COC(=O)c1ccc(NC(=O)CSCc2cc(C)ccc2OC)cc1. The summed E-state index contributed by atoms with van der Waals surface area (Å²) in [6.45, 7) is 2.03. The maximum absolute atomic E-state index is 12.0. The lowest BCUT2D eigenvalue weighted by atomic mass is 10.1. The molecule has 2 rings (SSSR count). The summed E-state index contributed by atoms with van der Waals surface area (Å²) in [5.74, 6) is 1.36. The van der Waals surface area contributed by atoms with E-state index in [1.807, 2.05) is 19.1 Å². The molecule has 1 N–H and O–H groups in total. The first-order chi connectivity index (χ1) is 12.0. The van der Waals surface area contributed by atoms with Crippen molar-refractivity contribution in [3.05, 3.63) is 59.2 Å². The molecule has 0 spiro atoms. The van der Waals surface area contributed by atoms with E-state index in [1.54, 1.807) is 31.4 Å². The zero-order chi connectivity index (χ0) is 18.2. The molecule has 0 aliphatic carbocycles. The molecule has 132 valence electrons. The number of hydrogen-bond acceptors (Lipinski definition) is 5. The van der Waals surface area contributed by atoms with Gasteiger partial charge in [-0.2, -0.15) is 0 Å². The minimum absolute atomic E-state index is 0.0950. The molecule has 0 aliphatic rings. The van der Waals surface area contributed by atoms with Crippen molar-refractivity contribution in [2.45, 2.75) is 12.7 Å². The number of thioether (sulfide) groups is 1. The zero-order valence-corrected chi connectivity index (χ0v) is 15.3. The predicted molar refractivity (Wildman–Crippen MR) is 100 cm³/mol. The van der Waals surface area contributed by atoms with Gasteiger partial charge in [0.05, 0.1) is 25.5 Å². The smallest absolute Gasteiger partial charge is 0.337 e. The van der Waals surface area contributed by atoms with E-state index >= 15 is 0 Å². The molecule has 0 heterocycles. The van der Waals surface area contributed by atoms with Gasteiger partial charge in [-0.25, -0.2) is 4.79 Å². The summed E-state index contributed by atoms with van der Waals surface area (Å²) in [7, 11) is 2.97. The lowest BCUT2D eigenvalue weighted by Gasteiger charge is -2.10. The van der Waals surface area contributed by atoms with E-state index in [4.69, 9.17) is 4.74 Å². The van der Waals surface area contributed by atoms with Gasteiger partial charge in [-0.05, 0) is 37.3 Å². The summed E-state index contributed by atoms with van der Waals surface area (Å²) < 4.78 is 9.98. The lowest BCUT2D eigenvalue weighted by Crippen LogP contribution is -2.14. The minimum Gasteiger partial charge on any atom is -0.496 e. The number of carbonyl (C=O) groups excluding carboxylic acids is 2. The van der Waals surface area contributed by atoms with Crippen LogP contribution in [0.1, 0.15) is 21.5 Å². The third-order valence-electron chi connectivity index (χ3n) is 3.52. The second-order valence-corrected chi connectivity index (χ2v) is 6.41. The molecule has 0 saturated heterocycles. The summed E-state index contributed by atoms with van der Waals surface area (Å²) in [4.78, 5) is 23.4. The Labute approximate surface area is 151 Å². The fourth-order valence-corrected chi connectivity index (χ4v) is 3.08. The van der Waals surface area contributed by atoms with Crippen LogP contribution in [0.15, 0.2) is 42.5 Å². The molecule has 25 heavy (non-hydrogen) atoms. The summed E-state index contributed by atoms with van der Waals surface area (Å²) in [5, 5.41) is 2.81. The predicted octanol–water partition coefficient (Wildman–Crippen LogP) is 3.66. The van der Waals surface area contributed by atoms with Gasteiger partial charge in [0.1, 0.15) is 5.75 Å². The van der Waals surface area contributed by atoms with Crippen LogP contribution >= 0.6 is 11.8 Å². The zero-order valence-electron chi connectivity index (χ0n) is 14.5. The number of methoxy groups -OCH3 is 2. The summed E-state index contributed by atoms with van der Waals surface area (Å²) >= 11 is 1.52. The highest BCUT2D eigenvalue weighted by Gasteiger charge is 2.08. The fraction of sp³-hybridized carbons (Fsp3) is 0.263. The average molecular weight is 359 g/mol. The second-order valence-electron chi connectivity index (χ2n) is 5.43. The number of amides is 1. The quantitative estimate of drug-likeness (QED) is 0.764. The van der Waals surface area contributed by atoms with E-state index in [2.05, 4.69) is 16.1 Å². The molecule has 0 bridgehead atoms. The van der Waals surface area contributed by atoms with Crippen molar-refractivity contribution in [1.82, 2.24) is 0 Å². The van der Waals surface area contributed by atoms with Crippen LogP contribution in [0.25, 0.3) is 0 Å². The number of nitrogens with one attached hydrogen (secondary N) is 1. The first-order valence-corrected chi connectivity index (χ1v) is 8.88. The normalized spacial score (nSPS) is 10.2. The van der Waals surface area contributed by atoms with Gasteiger partial charge >= 0.3 is 5.97 Å². The molecule has 0 saturated carbocycles. The van der Waals surface area contributed by atoms with Crippen molar-refractivity contribution in [3.63, 3.8) is 0 Å². The minimum atomic E-state index is -0.402. The Morgan fingerprint density at radius 2 is 1.80 bits per heavy atom. The molecule has 0 radical (unpaired) electrons. The molecule has 6 heteroatoms. The molecule has 0 atom stereocenters. The van der Waals surface area contributed by atoms with E-state index in [-0.39, 0.29) is 5.91 Å². The monoisotopic (exact) mass is 359 g/mol. The number of benzene rings is 2. The third-order valence-corrected chi connectivity index (χ3v) is 4.50. The van der Waals surface area contributed by atoms with E-state index in [9.17, 15) is 9.59 Å². The molecular formula is C19H21NO4S. The first kappa shape index (κ1) is 18.9. The highest BCUT2D eigenvalue weighted by molar-refractivity contribution is 7.99. The van der Waals surface area contributed by atoms with E-state index in [0.717, 1.165) is 16.9 Å². The molecule has 0 fully saturated rings. The highest BCUT2D eigenvalue weighted by atomic mass is 32.2. The Morgan fingerprint density at radius 3 is 2.44 bits per heavy atom. The van der Waals surface area contributed by atoms with Crippen LogP contribution in [0.4, 0.5) is 5.69 Å². The van der Waals surface area contributed by atoms with Crippen molar-refractivity contribution in [1.29, 1.82) is 0 Å². The van der Waals surface area contributed by atoms with Crippen LogP contribution in [0.3, 0.4) is 0 Å². The van der Waals surface area contributed by atoms with Crippen LogP contribution < -0.4 is 10.1 Å². The molecule has 0 aliphatic heterocycles. The van der Waals surface area contributed by atoms with E-state index < -0.39 is 5.97 Å². The number of esters is 1. The van der Waals surface area contributed by atoms with Crippen LogP contribution in [-0.4, -0.2) is 31.8 Å². The fourth-order valence-electron chi connectivity index (χ4n) is 2.28. The largest absolute Gasteiger partial charge is 0.496 e. The van der Waals surface area contributed by atoms with Crippen molar-refractivity contribution in [2.75, 3.05) is 25.3 Å². The average Bonchev–Trinajstić information content (AvgIpc) is 2.62. The molecule has 0 unspecified atom stereocenters. The van der Waals surface area contributed by atoms with Crippen LogP contribution in [-0.2, 0) is 15.3 Å². The Morgan fingerprint density at radius 1 is 1.08 bits per heavy atom.